The number of aliphatic hydroxyl groups excluding tert-OH is 1. The third kappa shape index (κ3) is 3.71. The van der Waals surface area contributed by atoms with Gasteiger partial charge >= 0.3 is 0 Å². The Balaban J connectivity index is 2.03. The summed E-state index contributed by atoms with van der Waals surface area (Å²) in [4.78, 5) is 0. The van der Waals surface area contributed by atoms with Gasteiger partial charge in [0.1, 0.15) is 5.75 Å². The van der Waals surface area contributed by atoms with E-state index in [-0.39, 0.29) is 6.61 Å². The molecular weight excluding hydrogens is 238 g/mol. The van der Waals surface area contributed by atoms with Crippen LogP contribution in [0.2, 0.25) is 0 Å². The molecule has 0 radical (unpaired) electrons. The number of phenols is 1. The molecule has 0 aliphatic heterocycles. The molecule has 0 spiro atoms. The van der Waals surface area contributed by atoms with Gasteiger partial charge in [0.05, 0.1) is 0 Å². The number of hydrogen-bond acceptors (Lipinski definition) is 3. The fraction of sp³-hybridized carbons (Fsp3) is 0.625. The summed E-state index contributed by atoms with van der Waals surface area (Å²) in [7, 11) is 0. The minimum absolute atomic E-state index is 0.281. The molecule has 0 bridgehead atoms. The van der Waals surface area contributed by atoms with E-state index < -0.39 is 0 Å². The summed E-state index contributed by atoms with van der Waals surface area (Å²) in [6.45, 7) is 2.45. The Labute approximate surface area is 115 Å². The number of rotatable bonds is 5. The maximum Gasteiger partial charge on any atom is 0.115 e. The van der Waals surface area contributed by atoms with Crippen molar-refractivity contribution >= 4 is 0 Å². The summed E-state index contributed by atoms with van der Waals surface area (Å²) in [5.41, 5.74) is 1.21. The Kier molecular flexibility index (Phi) is 5.23. The molecule has 0 aromatic heterocycles. The van der Waals surface area contributed by atoms with Gasteiger partial charge in [-0.05, 0) is 42.9 Å². The Morgan fingerprint density at radius 1 is 1.21 bits per heavy atom. The molecule has 1 aromatic carbocycles. The van der Waals surface area contributed by atoms with Crippen LogP contribution in [0.25, 0.3) is 0 Å². The molecule has 3 N–H and O–H groups in total. The summed E-state index contributed by atoms with van der Waals surface area (Å²) >= 11 is 0. The van der Waals surface area contributed by atoms with Gasteiger partial charge in [-0.15, -0.1) is 0 Å². The summed E-state index contributed by atoms with van der Waals surface area (Å²) in [5.74, 6) is 0.699. The predicted molar refractivity (Wildman–Crippen MR) is 77.1 cm³/mol. The molecular formula is C16H25NO2. The van der Waals surface area contributed by atoms with Crippen molar-refractivity contribution in [3.05, 3.63) is 29.8 Å². The highest BCUT2D eigenvalue weighted by molar-refractivity contribution is 5.28. The Morgan fingerprint density at radius 2 is 1.89 bits per heavy atom. The van der Waals surface area contributed by atoms with Gasteiger partial charge in [-0.1, -0.05) is 31.9 Å². The van der Waals surface area contributed by atoms with Crippen LogP contribution in [0.3, 0.4) is 0 Å². The van der Waals surface area contributed by atoms with Crippen molar-refractivity contribution in [1.82, 2.24) is 5.32 Å². The van der Waals surface area contributed by atoms with Crippen LogP contribution in [0.15, 0.2) is 24.3 Å². The summed E-state index contributed by atoms with van der Waals surface area (Å²) in [5, 5.41) is 22.5. The van der Waals surface area contributed by atoms with Crippen molar-refractivity contribution in [1.29, 1.82) is 0 Å². The normalized spacial score (nSPS) is 25.2. The molecule has 106 valence electrons. The van der Waals surface area contributed by atoms with Crippen LogP contribution in [-0.4, -0.2) is 22.9 Å². The number of aliphatic hydroxyl groups is 1. The number of phenolic OH excluding ortho intramolecular Hbond substituents is 1. The lowest BCUT2D eigenvalue weighted by Crippen LogP contribution is -2.42. The highest BCUT2D eigenvalue weighted by atomic mass is 16.3. The Hall–Kier alpha value is -1.06. The summed E-state index contributed by atoms with van der Waals surface area (Å²) < 4.78 is 0. The average molecular weight is 263 g/mol. The summed E-state index contributed by atoms with van der Waals surface area (Å²) in [6.07, 6.45) is 5.78. The minimum Gasteiger partial charge on any atom is -0.508 e. The lowest BCUT2D eigenvalue weighted by Gasteiger charge is -2.34. The van der Waals surface area contributed by atoms with E-state index >= 15 is 0 Å². The first-order chi connectivity index (χ1) is 9.24. The third-order valence-electron chi connectivity index (χ3n) is 4.26. The quantitative estimate of drug-likeness (QED) is 0.765. The van der Waals surface area contributed by atoms with E-state index in [2.05, 4.69) is 12.2 Å². The van der Waals surface area contributed by atoms with Crippen LogP contribution in [0.1, 0.15) is 50.6 Å². The second kappa shape index (κ2) is 6.92. The smallest absolute Gasteiger partial charge is 0.115 e. The van der Waals surface area contributed by atoms with Crippen LogP contribution in [0.5, 0.6) is 5.75 Å². The van der Waals surface area contributed by atoms with Gasteiger partial charge in [0.2, 0.25) is 0 Å². The Bertz CT molecular complexity index is 377. The van der Waals surface area contributed by atoms with Gasteiger partial charge < -0.3 is 15.5 Å². The zero-order valence-electron chi connectivity index (χ0n) is 11.7. The average Bonchev–Trinajstić information content (AvgIpc) is 2.46. The molecule has 3 nitrogen and oxygen atoms in total. The third-order valence-corrected chi connectivity index (χ3v) is 4.26. The Morgan fingerprint density at radius 3 is 2.53 bits per heavy atom. The van der Waals surface area contributed by atoms with Gasteiger partial charge in [-0.3, -0.25) is 0 Å². The fourth-order valence-corrected chi connectivity index (χ4v) is 3.06. The van der Waals surface area contributed by atoms with E-state index in [9.17, 15) is 10.2 Å². The first-order valence-corrected chi connectivity index (χ1v) is 7.40. The van der Waals surface area contributed by atoms with Crippen molar-refractivity contribution in [2.75, 3.05) is 6.61 Å². The molecule has 3 unspecified atom stereocenters. The second-order valence-electron chi connectivity index (χ2n) is 5.55. The fourth-order valence-electron chi connectivity index (χ4n) is 3.06. The van der Waals surface area contributed by atoms with E-state index in [1.807, 2.05) is 12.1 Å². The number of benzene rings is 1. The monoisotopic (exact) mass is 263 g/mol. The topological polar surface area (TPSA) is 52.5 Å². The minimum atomic E-state index is 0.281. The van der Waals surface area contributed by atoms with Gasteiger partial charge in [-0.25, -0.2) is 0 Å². The first-order valence-electron chi connectivity index (χ1n) is 7.40. The molecule has 1 aliphatic rings. The maximum atomic E-state index is 9.48. The number of hydrogen-bond donors (Lipinski definition) is 3. The van der Waals surface area contributed by atoms with E-state index in [4.69, 9.17) is 0 Å². The molecule has 2 rings (SSSR count). The van der Waals surface area contributed by atoms with Crippen LogP contribution >= 0.6 is 0 Å². The molecule has 1 fully saturated rings. The lowest BCUT2D eigenvalue weighted by atomic mass is 9.84. The maximum absolute atomic E-state index is 9.48. The predicted octanol–water partition coefficient (Wildman–Crippen LogP) is 2.98. The number of nitrogens with one attached hydrogen (secondary N) is 1. The van der Waals surface area contributed by atoms with Crippen molar-refractivity contribution in [2.24, 2.45) is 5.92 Å². The van der Waals surface area contributed by atoms with E-state index in [0.29, 0.717) is 23.8 Å². The zero-order valence-corrected chi connectivity index (χ0v) is 11.7. The molecule has 3 heteroatoms. The van der Waals surface area contributed by atoms with Crippen molar-refractivity contribution in [2.45, 2.75) is 51.1 Å². The van der Waals surface area contributed by atoms with Crippen molar-refractivity contribution < 1.29 is 10.2 Å². The largest absolute Gasteiger partial charge is 0.508 e. The van der Waals surface area contributed by atoms with Gasteiger partial charge in [-0.2, -0.15) is 0 Å². The van der Waals surface area contributed by atoms with E-state index in [1.54, 1.807) is 12.1 Å². The van der Waals surface area contributed by atoms with Gasteiger partial charge in [0.15, 0.2) is 0 Å². The molecule has 1 aliphatic carbocycles. The first kappa shape index (κ1) is 14.4. The molecule has 0 saturated heterocycles. The van der Waals surface area contributed by atoms with E-state index in [1.165, 1.54) is 18.4 Å². The molecule has 1 aromatic rings. The summed E-state index contributed by atoms with van der Waals surface area (Å²) in [6, 6.07) is 8.16. The van der Waals surface area contributed by atoms with Crippen LogP contribution in [0, 0.1) is 5.92 Å². The zero-order chi connectivity index (χ0) is 13.7. The SMILES string of the molecule is CCC(NC1CCCCC1CO)c1ccc(O)cc1. The van der Waals surface area contributed by atoms with Crippen LogP contribution in [0.4, 0.5) is 0 Å². The van der Waals surface area contributed by atoms with Crippen LogP contribution in [-0.2, 0) is 0 Å². The van der Waals surface area contributed by atoms with Crippen molar-refractivity contribution in [3.8, 4) is 5.75 Å². The second-order valence-corrected chi connectivity index (χ2v) is 5.55. The van der Waals surface area contributed by atoms with Crippen LogP contribution < -0.4 is 5.32 Å². The standard InChI is InChI=1S/C16H25NO2/c1-2-15(12-7-9-14(19)10-8-12)17-16-6-4-3-5-13(16)11-18/h7-10,13,15-19H,2-6,11H2,1H3. The van der Waals surface area contributed by atoms with Gasteiger partial charge in [0, 0.05) is 18.7 Å². The highest BCUT2D eigenvalue weighted by Gasteiger charge is 2.26. The molecule has 0 amide bonds. The number of aromatic hydroxyl groups is 1. The highest BCUT2D eigenvalue weighted by Crippen LogP contribution is 2.28. The molecule has 3 atom stereocenters. The van der Waals surface area contributed by atoms with E-state index in [0.717, 1.165) is 19.3 Å². The molecule has 19 heavy (non-hydrogen) atoms. The molecule has 1 saturated carbocycles. The van der Waals surface area contributed by atoms with Crippen molar-refractivity contribution in [3.63, 3.8) is 0 Å². The van der Waals surface area contributed by atoms with Gasteiger partial charge in [0.25, 0.3) is 0 Å². The lowest BCUT2D eigenvalue weighted by molar-refractivity contribution is 0.145. The molecule has 0 heterocycles.